The van der Waals surface area contributed by atoms with Gasteiger partial charge in [0.25, 0.3) is 0 Å². The molecule has 4 aliphatic heterocycles. The highest BCUT2D eigenvalue weighted by Gasteiger charge is 2.81. The lowest BCUT2D eigenvalue weighted by atomic mass is 9.42. The average molecular weight is 1070 g/mol. The molecule has 0 radical (unpaired) electrons. The second kappa shape index (κ2) is 22.8. The fourth-order valence-electron chi connectivity index (χ4n) is 14.7. The van der Waals surface area contributed by atoms with Crippen LogP contribution in [0.5, 0.6) is 0 Å². The summed E-state index contributed by atoms with van der Waals surface area (Å²) in [6, 6.07) is 0. The predicted molar refractivity (Wildman–Crippen MR) is 269 cm³/mol. The first-order valence-electron chi connectivity index (χ1n) is 27.5. The number of methoxy groups -OCH3 is 4. The molecule has 428 valence electrons. The lowest BCUT2D eigenvalue weighted by Crippen LogP contribution is -2.78. The van der Waals surface area contributed by atoms with Crippen molar-refractivity contribution < 1.29 is 91.6 Å². The number of ketones is 1. The van der Waals surface area contributed by atoms with Gasteiger partial charge < -0.3 is 82.0 Å². The first kappa shape index (κ1) is 59.1. The number of rotatable bonds is 16. The number of aliphatic hydroxyl groups excluding tert-OH is 1. The van der Waals surface area contributed by atoms with E-state index in [0.29, 0.717) is 44.9 Å². The molecule has 8 rings (SSSR count). The van der Waals surface area contributed by atoms with Crippen LogP contribution < -0.4 is 0 Å². The third-order valence-corrected chi connectivity index (χ3v) is 19.7. The first-order valence-corrected chi connectivity index (χ1v) is 27.5. The van der Waals surface area contributed by atoms with Gasteiger partial charge in [-0.2, -0.15) is 0 Å². The van der Waals surface area contributed by atoms with Crippen molar-refractivity contribution in [2.24, 2.45) is 16.7 Å². The van der Waals surface area contributed by atoms with Crippen LogP contribution in [0.1, 0.15) is 146 Å². The van der Waals surface area contributed by atoms with Crippen molar-refractivity contribution in [3.63, 3.8) is 0 Å². The van der Waals surface area contributed by atoms with E-state index in [-0.39, 0.29) is 44.3 Å². The number of carbonyl (C=O) groups excluding carboxylic acids is 2. The van der Waals surface area contributed by atoms with Crippen LogP contribution >= 0.6 is 0 Å². The molecule has 0 aromatic rings. The molecule has 0 bridgehead atoms. The highest BCUT2D eigenvalue weighted by atomic mass is 16.8. The summed E-state index contributed by atoms with van der Waals surface area (Å²) in [5.74, 6) is -1.59. The number of fused-ring (bicyclic) bond motifs is 5. The van der Waals surface area contributed by atoms with Crippen LogP contribution in [0.3, 0.4) is 0 Å². The Kier molecular flexibility index (Phi) is 18.0. The summed E-state index contributed by atoms with van der Waals surface area (Å²) in [7, 11) is 6.49. The molecule has 24 atom stereocenters. The Balaban J connectivity index is 0.876. The third-order valence-electron chi connectivity index (χ3n) is 19.7. The van der Waals surface area contributed by atoms with Crippen LogP contribution in [0.2, 0.25) is 0 Å². The normalized spacial score (nSPS) is 48.9. The van der Waals surface area contributed by atoms with E-state index in [1.165, 1.54) is 6.92 Å². The molecule has 8 aliphatic rings. The molecule has 4 aliphatic carbocycles. The zero-order valence-electron chi connectivity index (χ0n) is 46.9. The largest absolute Gasteiger partial charge is 0.461 e. The number of aliphatic hydroxyl groups is 4. The predicted octanol–water partition coefficient (Wildman–Crippen LogP) is 5.27. The van der Waals surface area contributed by atoms with Crippen LogP contribution in [-0.2, 0) is 71.2 Å². The van der Waals surface area contributed by atoms with Gasteiger partial charge in [-0.15, -0.1) is 0 Å². The van der Waals surface area contributed by atoms with Gasteiger partial charge in [-0.3, -0.25) is 9.59 Å². The second-order valence-corrected chi connectivity index (χ2v) is 23.9. The van der Waals surface area contributed by atoms with Gasteiger partial charge in [0.05, 0.1) is 66.8 Å². The van der Waals surface area contributed by atoms with Crippen LogP contribution in [0.15, 0.2) is 22.8 Å². The molecule has 0 spiro atoms. The van der Waals surface area contributed by atoms with E-state index in [9.17, 15) is 30.0 Å². The molecule has 4 saturated heterocycles. The molecule has 19 heteroatoms. The SMILES string of the molecule is CO[C@H]1C[C@H](O[C@H]2[C@@H](OC)C[C@H](O[C@H]3CC[C@@]4(C)C(=CC[C@]5(O)[C@@H]4C[C@@H](OC(=O)CC(C)=C(C)C)[C@@]4(C)[C@@]5(O)CC[C@@]4(O)C(C)=O)C3)O[C@@H]2C)O[C@@H](C)[C@H]1O[C@H]1C[C@H](OC)[C@H](O[C@H]2C[C@@H](OC)[C@@H](O)[C@H](C)O2)[C@@H](C)O1. The summed E-state index contributed by atoms with van der Waals surface area (Å²) >= 11 is 0. The molecule has 4 N–H and O–H groups in total. The number of hydrogen-bond donors (Lipinski definition) is 4. The quantitative estimate of drug-likeness (QED) is 0.114. The number of carbonyl (C=O) groups is 2. The summed E-state index contributed by atoms with van der Waals surface area (Å²) in [6.07, 6.45) is -3.81. The minimum absolute atomic E-state index is 0.0283. The Morgan fingerprint density at radius 1 is 0.640 bits per heavy atom. The molecule has 0 amide bonds. The second-order valence-electron chi connectivity index (χ2n) is 23.9. The van der Waals surface area contributed by atoms with Crippen molar-refractivity contribution in [3.8, 4) is 0 Å². The van der Waals surface area contributed by atoms with E-state index < -0.39 is 144 Å². The van der Waals surface area contributed by atoms with Crippen molar-refractivity contribution in [3.05, 3.63) is 22.8 Å². The van der Waals surface area contributed by atoms with Gasteiger partial charge >= 0.3 is 5.97 Å². The lowest BCUT2D eigenvalue weighted by Gasteiger charge is -2.67. The van der Waals surface area contributed by atoms with Crippen LogP contribution in [0.25, 0.3) is 0 Å². The highest BCUT2D eigenvalue weighted by molar-refractivity contribution is 5.87. The molecule has 0 aromatic heterocycles. The molecule has 19 nitrogen and oxygen atoms in total. The monoisotopic (exact) mass is 1070 g/mol. The number of hydrogen-bond acceptors (Lipinski definition) is 19. The van der Waals surface area contributed by atoms with Crippen LogP contribution in [0.4, 0.5) is 0 Å². The molecule has 4 heterocycles. The van der Waals surface area contributed by atoms with E-state index in [4.69, 9.17) is 61.6 Å². The lowest BCUT2D eigenvalue weighted by molar-refractivity contribution is -0.347. The molecule has 75 heavy (non-hydrogen) atoms. The minimum Gasteiger partial charge on any atom is -0.461 e. The molecular formula is C56H90O19. The maximum Gasteiger partial charge on any atom is 0.310 e. The van der Waals surface area contributed by atoms with Crippen molar-refractivity contribution in [2.45, 2.75) is 274 Å². The molecular weight excluding hydrogens is 977 g/mol. The number of esters is 1. The van der Waals surface area contributed by atoms with E-state index in [1.807, 2.05) is 47.6 Å². The summed E-state index contributed by atoms with van der Waals surface area (Å²) in [4.78, 5) is 26.9. The van der Waals surface area contributed by atoms with Crippen molar-refractivity contribution >= 4 is 11.8 Å². The van der Waals surface area contributed by atoms with Gasteiger partial charge in [0.15, 0.2) is 30.9 Å². The van der Waals surface area contributed by atoms with Crippen molar-refractivity contribution in [2.75, 3.05) is 28.4 Å². The maximum atomic E-state index is 13.6. The molecule has 0 aromatic carbocycles. The van der Waals surface area contributed by atoms with Gasteiger partial charge in [-0.1, -0.05) is 29.7 Å². The minimum atomic E-state index is -2.02. The van der Waals surface area contributed by atoms with Crippen molar-refractivity contribution in [1.29, 1.82) is 0 Å². The Bertz CT molecular complexity index is 2080. The summed E-state index contributed by atoms with van der Waals surface area (Å²) in [5.41, 5.74) is -5.02. The number of Topliss-reactive ketones (excluding diaryl/α,β-unsaturated/α-hetero) is 1. The third kappa shape index (κ3) is 10.6. The van der Waals surface area contributed by atoms with Gasteiger partial charge in [-0.05, 0) is 113 Å². The van der Waals surface area contributed by atoms with E-state index in [1.54, 1.807) is 42.3 Å². The molecule has 0 unspecified atom stereocenters. The van der Waals surface area contributed by atoms with E-state index in [0.717, 1.165) is 16.7 Å². The Morgan fingerprint density at radius 2 is 1.11 bits per heavy atom. The Labute approximate surface area is 443 Å². The number of allylic oxidation sites excluding steroid dienone is 1. The highest BCUT2D eigenvalue weighted by Crippen LogP contribution is 2.71. The average Bonchev–Trinajstić information content (AvgIpc) is 3.59. The van der Waals surface area contributed by atoms with Gasteiger partial charge in [0.2, 0.25) is 0 Å². The summed E-state index contributed by atoms with van der Waals surface area (Å²) in [5, 5.41) is 48.5. The summed E-state index contributed by atoms with van der Waals surface area (Å²) < 4.78 is 81.6. The standard InChI is InChI=1S/C56H90O19/c1-28(2)29(3)21-43(58)72-42-27-41-52(9)17-16-36(22-35(52)15-18-55(41,61)56(62)20-19-54(60,34(8)57)53(42,56)10)71-44-24-38(64-12)49(31(5)68-44)74-46-26-40(66-14)51(33(7)70-46)75-47-25-39(65-13)50(32(6)69-47)73-45-23-37(63-11)48(59)30(4)67-45/h15,30-33,36-42,44-51,59-62H,16-27H2,1-14H3/t30-,31+,32+,33-,36-,37+,38-,39-,40-,41+,42+,44-,45-,46-,47-,48-,49+,50+,51+,52-,53+,54+,55-,56-/m0/s1. The van der Waals surface area contributed by atoms with Crippen LogP contribution in [0, 0.1) is 16.7 Å². The molecule has 3 saturated carbocycles. The van der Waals surface area contributed by atoms with Gasteiger partial charge in [0, 0.05) is 60.0 Å². The van der Waals surface area contributed by atoms with Gasteiger partial charge in [-0.25, -0.2) is 0 Å². The first-order chi connectivity index (χ1) is 35.3. The zero-order valence-corrected chi connectivity index (χ0v) is 46.9. The zero-order chi connectivity index (χ0) is 54.7. The Morgan fingerprint density at radius 3 is 1.57 bits per heavy atom. The number of ether oxygens (including phenoxy) is 13. The smallest absolute Gasteiger partial charge is 0.310 e. The fourth-order valence-corrected chi connectivity index (χ4v) is 14.7. The Hall–Kier alpha value is -2.02. The van der Waals surface area contributed by atoms with E-state index in [2.05, 4.69) is 6.92 Å². The van der Waals surface area contributed by atoms with Gasteiger partial charge in [0.1, 0.15) is 47.3 Å². The van der Waals surface area contributed by atoms with Crippen molar-refractivity contribution in [1.82, 2.24) is 0 Å². The fraction of sp³-hybridized carbons (Fsp3) is 0.893. The molecule has 7 fully saturated rings. The van der Waals surface area contributed by atoms with Crippen LogP contribution in [-0.4, -0.2) is 188 Å². The topological polar surface area (TPSA) is 235 Å². The maximum absolute atomic E-state index is 13.6. The summed E-state index contributed by atoms with van der Waals surface area (Å²) in [6.45, 7) is 18.3. The van der Waals surface area contributed by atoms with E-state index >= 15 is 0 Å².